The maximum atomic E-state index is 12.7. The fraction of sp³-hybridized carbons (Fsp3) is 0.240. The van der Waals surface area contributed by atoms with Crippen LogP contribution in [0.25, 0.3) is 11.1 Å². The van der Waals surface area contributed by atoms with Gasteiger partial charge in [0.05, 0.1) is 12.0 Å². The molecule has 0 aliphatic carbocycles. The smallest absolute Gasteiger partial charge is 0.251 e. The van der Waals surface area contributed by atoms with Crippen molar-refractivity contribution in [2.75, 3.05) is 20.2 Å². The van der Waals surface area contributed by atoms with E-state index in [4.69, 9.17) is 4.74 Å². The Kier molecular flexibility index (Phi) is 6.58. The van der Waals surface area contributed by atoms with Gasteiger partial charge < -0.3 is 10.1 Å². The molecule has 0 unspecified atom stereocenters. The zero-order valence-electron chi connectivity index (χ0n) is 18.0. The summed E-state index contributed by atoms with van der Waals surface area (Å²) in [6.45, 7) is 1.58. The molecule has 0 atom stereocenters. The zero-order valence-corrected chi connectivity index (χ0v) is 18.8. The summed E-state index contributed by atoms with van der Waals surface area (Å²) in [5.41, 5.74) is 3.23. The fourth-order valence-corrected chi connectivity index (χ4v) is 5.28. The highest BCUT2D eigenvalue weighted by Gasteiger charge is 2.26. The van der Waals surface area contributed by atoms with Crippen LogP contribution in [0, 0.1) is 0 Å². The second-order valence-electron chi connectivity index (χ2n) is 7.75. The third kappa shape index (κ3) is 4.84. The van der Waals surface area contributed by atoms with Crippen molar-refractivity contribution in [2.45, 2.75) is 24.3 Å². The summed E-state index contributed by atoms with van der Waals surface area (Å²) in [5.74, 6) is 0.600. The molecule has 1 aliphatic heterocycles. The lowest BCUT2D eigenvalue weighted by atomic mass is 10.0. The van der Waals surface area contributed by atoms with Gasteiger partial charge in [0, 0.05) is 25.2 Å². The molecule has 1 heterocycles. The summed E-state index contributed by atoms with van der Waals surface area (Å²) < 4.78 is 32.1. The predicted octanol–water partition coefficient (Wildman–Crippen LogP) is 4.08. The highest BCUT2D eigenvalue weighted by molar-refractivity contribution is 7.89. The van der Waals surface area contributed by atoms with E-state index in [-0.39, 0.29) is 5.91 Å². The first-order valence-corrected chi connectivity index (χ1v) is 12.0. The Morgan fingerprint density at radius 1 is 0.938 bits per heavy atom. The largest absolute Gasteiger partial charge is 0.497 e. The number of carbonyl (C=O) groups is 1. The van der Waals surface area contributed by atoms with Crippen molar-refractivity contribution < 1.29 is 17.9 Å². The Morgan fingerprint density at radius 3 is 2.28 bits per heavy atom. The van der Waals surface area contributed by atoms with Gasteiger partial charge in [-0.05, 0) is 65.9 Å². The van der Waals surface area contributed by atoms with E-state index in [9.17, 15) is 13.2 Å². The van der Waals surface area contributed by atoms with Gasteiger partial charge >= 0.3 is 0 Å². The van der Waals surface area contributed by atoms with E-state index >= 15 is 0 Å². The van der Waals surface area contributed by atoms with E-state index in [1.54, 1.807) is 37.4 Å². The Morgan fingerprint density at radius 2 is 1.62 bits per heavy atom. The van der Waals surface area contributed by atoms with Crippen molar-refractivity contribution in [1.29, 1.82) is 0 Å². The average Bonchev–Trinajstić information content (AvgIpc) is 3.39. The Labute approximate surface area is 188 Å². The Bertz CT molecular complexity index is 1180. The van der Waals surface area contributed by atoms with Crippen LogP contribution in [0.15, 0.2) is 77.7 Å². The number of rotatable bonds is 7. The van der Waals surface area contributed by atoms with Crippen LogP contribution in [0.5, 0.6) is 5.75 Å². The van der Waals surface area contributed by atoms with Crippen LogP contribution in [0.1, 0.15) is 28.8 Å². The average molecular weight is 451 g/mol. The molecule has 0 bridgehead atoms. The summed E-state index contributed by atoms with van der Waals surface area (Å²) in [5, 5.41) is 2.93. The molecule has 7 heteroatoms. The van der Waals surface area contributed by atoms with Crippen LogP contribution >= 0.6 is 0 Å². The molecule has 1 N–H and O–H groups in total. The van der Waals surface area contributed by atoms with Crippen molar-refractivity contribution in [3.63, 3.8) is 0 Å². The highest BCUT2D eigenvalue weighted by Crippen LogP contribution is 2.25. The Hall–Kier alpha value is -3.16. The summed E-state index contributed by atoms with van der Waals surface area (Å²) >= 11 is 0. The van der Waals surface area contributed by atoms with Gasteiger partial charge in [0.2, 0.25) is 10.0 Å². The van der Waals surface area contributed by atoms with Crippen LogP contribution < -0.4 is 10.1 Å². The van der Waals surface area contributed by atoms with Crippen LogP contribution in [-0.4, -0.2) is 38.8 Å². The second kappa shape index (κ2) is 9.54. The number of sulfonamides is 1. The molecule has 3 aromatic carbocycles. The lowest BCUT2D eigenvalue weighted by Gasteiger charge is -2.15. The molecular formula is C25H26N2O4S. The molecule has 0 spiro atoms. The predicted molar refractivity (Wildman–Crippen MR) is 124 cm³/mol. The first-order chi connectivity index (χ1) is 15.5. The third-order valence-corrected chi connectivity index (χ3v) is 7.54. The standard InChI is InChI=1S/C25H26N2O4S/c1-31-23-11-7-19(8-12-23)18-26-25(28)22-6-4-5-21(17-22)20-9-13-24(14-10-20)32(29,30)27-15-2-3-16-27/h4-14,17H,2-3,15-16,18H2,1H3,(H,26,28). The minimum atomic E-state index is -3.44. The van der Waals surface area contributed by atoms with Gasteiger partial charge in [-0.15, -0.1) is 0 Å². The second-order valence-corrected chi connectivity index (χ2v) is 9.69. The summed E-state index contributed by atoms with van der Waals surface area (Å²) in [6.07, 6.45) is 1.81. The molecule has 0 saturated carbocycles. The van der Waals surface area contributed by atoms with E-state index in [0.717, 1.165) is 35.3 Å². The number of ether oxygens (including phenoxy) is 1. The number of hydrogen-bond acceptors (Lipinski definition) is 4. The third-order valence-electron chi connectivity index (χ3n) is 5.63. The van der Waals surface area contributed by atoms with Crippen LogP contribution in [0.2, 0.25) is 0 Å². The molecular weight excluding hydrogens is 424 g/mol. The summed E-state index contributed by atoms with van der Waals surface area (Å²) in [7, 11) is -1.82. The number of hydrogen-bond donors (Lipinski definition) is 1. The number of nitrogens with zero attached hydrogens (tertiary/aromatic N) is 1. The minimum Gasteiger partial charge on any atom is -0.497 e. The van der Waals surface area contributed by atoms with Crippen LogP contribution in [0.4, 0.5) is 0 Å². The van der Waals surface area contributed by atoms with Gasteiger partial charge in [-0.3, -0.25) is 4.79 Å². The summed E-state index contributed by atoms with van der Waals surface area (Å²) in [4.78, 5) is 12.9. The lowest BCUT2D eigenvalue weighted by molar-refractivity contribution is 0.0951. The van der Waals surface area contributed by atoms with Gasteiger partial charge in [0.25, 0.3) is 5.91 Å². The van der Waals surface area contributed by atoms with Crippen LogP contribution in [0.3, 0.4) is 0 Å². The normalized spacial score (nSPS) is 14.3. The van der Waals surface area contributed by atoms with E-state index < -0.39 is 10.0 Å². The monoisotopic (exact) mass is 450 g/mol. The van der Waals surface area contributed by atoms with Gasteiger partial charge in [-0.1, -0.05) is 36.4 Å². The maximum Gasteiger partial charge on any atom is 0.251 e. The maximum absolute atomic E-state index is 12.7. The Balaban J connectivity index is 1.45. The van der Waals surface area contributed by atoms with Crippen LogP contribution in [-0.2, 0) is 16.6 Å². The molecule has 4 rings (SSSR count). The highest BCUT2D eigenvalue weighted by atomic mass is 32.2. The quantitative estimate of drug-likeness (QED) is 0.589. The molecule has 1 aliphatic rings. The van der Waals surface area contributed by atoms with Gasteiger partial charge in [0.15, 0.2) is 0 Å². The molecule has 1 amide bonds. The molecule has 1 saturated heterocycles. The van der Waals surface area contributed by atoms with E-state index in [1.165, 1.54) is 4.31 Å². The fourth-order valence-electron chi connectivity index (χ4n) is 3.76. The van der Waals surface area contributed by atoms with Crippen molar-refractivity contribution in [2.24, 2.45) is 0 Å². The number of benzene rings is 3. The van der Waals surface area contributed by atoms with Gasteiger partial charge in [0.1, 0.15) is 5.75 Å². The first-order valence-electron chi connectivity index (χ1n) is 10.6. The SMILES string of the molecule is COc1ccc(CNC(=O)c2cccc(-c3ccc(S(=O)(=O)N4CCCC4)cc3)c2)cc1. The lowest BCUT2D eigenvalue weighted by Crippen LogP contribution is -2.27. The van der Waals surface area contributed by atoms with Crippen molar-refractivity contribution in [3.05, 3.63) is 83.9 Å². The topological polar surface area (TPSA) is 75.7 Å². The number of carbonyl (C=O) groups excluding carboxylic acids is 1. The van der Waals surface area contributed by atoms with Gasteiger partial charge in [-0.2, -0.15) is 4.31 Å². The van der Waals surface area contributed by atoms with Crippen molar-refractivity contribution in [3.8, 4) is 16.9 Å². The van der Waals surface area contributed by atoms with E-state index in [0.29, 0.717) is 30.1 Å². The summed E-state index contributed by atoms with van der Waals surface area (Å²) in [6, 6.07) is 21.7. The molecule has 32 heavy (non-hydrogen) atoms. The van der Waals surface area contributed by atoms with E-state index in [2.05, 4.69) is 5.32 Å². The molecule has 6 nitrogen and oxygen atoms in total. The number of amides is 1. The molecule has 0 radical (unpaired) electrons. The first kappa shape index (κ1) is 22.0. The van der Waals surface area contributed by atoms with Crippen molar-refractivity contribution >= 4 is 15.9 Å². The molecule has 166 valence electrons. The number of methoxy groups -OCH3 is 1. The molecule has 0 aromatic heterocycles. The van der Waals surface area contributed by atoms with E-state index in [1.807, 2.05) is 42.5 Å². The molecule has 1 fully saturated rings. The van der Waals surface area contributed by atoms with Gasteiger partial charge in [-0.25, -0.2) is 8.42 Å². The number of nitrogens with one attached hydrogen (secondary N) is 1. The minimum absolute atomic E-state index is 0.170. The van der Waals surface area contributed by atoms with Crippen molar-refractivity contribution in [1.82, 2.24) is 9.62 Å². The molecule has 3 aromatic rings. The zero-order chi connectivity index (χ0) is 22.6.